The Bertz CT molecular complexity index is 774. The maximum Gasteiger partial charge on any atom is 0.0835 e. The van der Waals surface area contributed by atoms with Crippen LogP contribution in [0.4, 0.5) is 0 Å². The SMILES string of the molecule is OC(c1csc2ccccc12)C1CCc2ccccc2C1. The van der Waals surface area contributed by atoms with Gasteiger partial charge in [0, 0.05) is 4.70 Å². The molecular formula is C19H18OS. The summed E-state index contributed by atoms with van der Waals surface area (Å²) in [6.07, 6.45) is 2.79. The first-order valence-corrected chi connectivity index (χ1v) is 8.42. The van der Waals surface area contributed by atoms with Crippen LogP contribution in [-0.4, -0.2) is 5.11 Å². The van der Waals surface area contributed by atoms with Gasteiger partial charge < -0.3 is 5.11 Å². The Balaban J connectivity index is 1.65. The van der Waals surface area contributed by atoms with Gasteiger partial charge in [-0.3, -0.25) is 0 Å². The van der Waals surface area contributed by atoms with Gasteiger partial charge in [-0.15, -0.1) is 11.3 Å². The van der Waals surface area contributed by atoms with E-state index in [4.69, 9.17) is 0 Å². The van der Waals surface area contributed by atoms with Gasteiger partial charge in [0.2, 0.25) is 0 Å². The van der Waals surface area contributed by atoms with Crippen molar-refractivity contribution in [3.05, 3.63) is 70.6 Å². The molecule has 0 fully saturated rings. The van der Waals surface area contributed by atoms with Gasteiger partial charge >= 0.3 is 0 Å². The summed E-state index contributed by atoms with van der Waals surface area (Å²) >= 11 is 1.73. The molecule has 1 aliphatic rings. The lowest BCUT2D eigenvalue weighted by molar-refractivity contribution is 0.101. The van der Waals surface area contributed by atoms with E-state index in [0.29, 0.717) is 5.92 Å². The predicted molar refractivity (Wildman–Crippen MR) is 88.7 cm³/mol. The van der Waals surface area contributed by atoms with E-state index in [-0.39, 0.29) is 6.10 Å². The Morgan fingerprint density at radius 2 is 1.76 bits per heavy atom. The largest absolute Gasteiger partial charge is 0.388 e. The van der Waals surface area contributed by atoms with Crippen LogP contribution in [0.5, 0.6) is 0 Å². The molecule has 4 rings (SSSR count). The van der Waals surface area contributed by atoms with Gasteiger partial charge in [0.25, 0.3) is 0 Å². The lowest BCUT2D eigenvalue weighted by Crippen LogP contribution is -2.20. The number of hydrogen-bond donors (Lipinski definition) is 1. The van der Waals surface area contributed by atoms with Gasteiger partial charge in [-0.2, -0.15) is 0 Å². The summed E-state index contributed by atoms with van der Waals surface area (Å²) in [5.74, 6) is 0.331. The topological polar surface area (TPSA) is 20.2 Å². The van der Waals surface area contributed by atoms with Crippen molar-refractivity contribution < 1.29 is 5.11 Å². The predicted octanol–water partition coefficient (Wildman–Crippen LogP) is 4.74. The van der Waals surface area contributed by atoms with Crippen molar-refractivity contribution in [1.82, 2.24) is 0 Å². The van der Waals surface area contributed by atoms with Crippen molar-refractivity contribution in [1.29, 1.82) is 0 Å². The van der Waals surface area contributed by atoms with E-state index in [0.717, 1.165) is 24.8 Å². The molecule has 0 amide bonds. The third-order valence-corrected chi connectivity index (χ3v) is 5.64. The maximum atomic E-state index is 10.9. The smallest absolute Gasteiger partial charge is 0.0835 e. The van der Waals surface area contributed by atoms with Crippen LogP contribution in [0.2, 0.25) is 0 Å². The minimum atomic E-state index is -0.352. The first kappa shape index (κ1) is 13.1. The molecule has 21 heavy (non-hydrogen) atoms. The number of hydrogen-bond acceptors (Lipinski definition) is 2. The van der Waals surface area contributed by atoms with E-state index in [1.807, 2.05) is 0 Å². The Kier molecular flexibility index (Phi) is 3.28. The van der Waals surface area contributed by atoms with Crippen LogP contribution in [0.1, 0.15) is 29.2 Å². The molecule has 0 saturated carbocycles. The van der Waals surface area contributed by atoms with E-state index in [2.05, 4.69) is 53.9 Å². The fraction of sp³-hybridized carbons (Fsp3) is 0.263. The van der Waals surface area contributed by atoms with Crippen molar-refractivity contribution >= 4 is 21.4 Å². The standard InChI is InChI=1S/C19H18OS/c20-19(17-12-21-18-8-4-3-7-16(17)18)15-10-9-13-5-1-2-6-14(13)11-15/h1-8,12,15,19-20H,9-11H2. The van der Waals surface area contributed by atoms with Crippen molar-refractivity contribution in [2.75, 3.05) is 0 Å². The zero-order valence-corrected chi connectivity index (χ0v) is 12.6. The molecule has 0 radical (unpaired) electrons. The summed E-state index contributed by atoms with van der Waals surface area (Å²) in [7, 11) is 0. The molecule has 1 aliphatic carbocycles. The van der Waals surface area contributed by atoms with Crippen LogP contribution < -0.4 is 0 Å². The second-order valence-electron chi connectivity index (χ2n) is 5.90. The van der Waals surface area contributed by atoms with E-state index >= 15 is 0 Å². The Hall–Kier alpha value is -1.64. The van der Waals surface area contributed by atoms with E-state index in [1.165, 1.54) is 21.2 Å². The number of aliphatic hydroxyl groups is 1. The number of aliphatic hydroxyl groups excluding tert-OH is 1. The quantitative estimate of drug-likeness (QED) is 0.724. The zero-order chi connectivity index (χ0) is 14.2. The number of thiophene rings is 1. The summed E-state index contributed by atoms with van der Waals surface area (Å²) in [6, 6.07) is 17.0. The van der Waals surface area contributed by atoms with Gasteiger partial charge in [-0.1, -0.05) is 42.5 Å². The highest BCUT2D eigenvalue weighted by Crippen LogP contribution is 2.38. The van der Waals surface area contributed by atoms with Crippen LogP contribution in [0.15, 0.2) is 53.9 Å². The van der Waals surface area contributed by atoms with E-state index < -0.39 is 0 Å². The normalized spacial score (nSPS) is 19.4. The minimum absolute atomic E-state index is 0.331. The Morgan fingerprint density at radius 1 is 1.00 bits per heavy atom. The molecule has 0 bridgehead atoms. The van der Waals surface area contributed by atoms with Crippen molar-refractivity contribution in [2.24, 2.45) is 5.92 Å². The average Bonchev–Trinajstić information content (AvgIpc) is 2.98. The first-order valence-electron chi connectivity index (χ1n) is 7.54. The second kappa shape index (κ2) is 5.28. The molecule has 2 aromatic carbocycles. The maximum absolute atomic E-state index is 10.9. The highest BCUT2D eigenvalue weighted by Gasteiger charge is 2.27. The molecule has 0 saturated heterocycles. The molecule has 1 aromatic heterocycles. The highest BCUT2D eigenvalue weighted by molar-refractivity contribution is 7.17. The monoisotopic (exact) mass is 294 g/mol. The summed E-state index contributed by atoms with van der Waals surface area (Å²) in [4.78, 5) is 0. The minimum Gasteiger partial charge on any atom is -0.388 e. The van der Waals surface area contributed by atoms with E-state index in [9.17, 15) is 5.11 Å². The van der Waals surface area contributed by atoms with Gasteiger partial charge in [0.1, 0.15) is 0 Å². The van der Waals surface area contributed by atoms with Crippen LogP contribution in [0.3, 0.4) is 0 Å². The molecule has 2 heteroatoms. The van der Waals surface area contributed by atoms with Gasteiger partial charge in [0.15, 0.2) is 0 Å². The number of aryl methyl sites for hydroxylation is 1. The molecule has 106 valence electrons. The summed E-state index contributed by atoms with van der Waals surface area (Å²) in [5, 5.41) is 14.2. The van der Waals surface area contributed by atoms with E-state index in [1.54, 1.807) is 11.3 Å². The molecule has 0 aliphatic heterocycles. The third-order valence-electron chi connectivity index (χ3n) is 4.66. The number of rotatable bonds is 2. The fourth-order valence-electron chi connectivity index (χ4n) is 3.48. The molecule has 2 atom stereocenters. The summed E-state index contributed by atoms with van der Waals surface area (Å²) in [5.41, 5.74) is 3.98. The highest BCUT2D eigenvalue weighted by atomic mass is 32.1. The van der Waals surface area contributed by atoms with Crippen LogP contribution in [-0.2, 0) is 12.8 Å². The first-order chi connectivity index (χ1) is 10.3. The van der Waals surface area contributed by atoms with Gasteiger partial charge in [0.05, 0.1) is 6.10 Å². The lowest BCUT2D eigenvalue weighted by Gasteiger charge is -2.28. The van der Waals surface area contributed by atoms with Crippen molar-refractivity contribution in [3.8, 4) is 0 Å². The molecule has 1 N–H and O–H groups in total. The van der Waals surface area contributed by atoms with Crippen LogP contribution in [0, 0.1) is 5.92 Å². The Morgan fingerprint density at radius 3 is 2.67 bits per heavy atom. The summed E-state index contributed by atoms with van der Waals surface area (Å²) < 4.78 is 1.27. The van der Waals surface area contributed by atoms with Crippen molar-refractivity contribution in [3.63, 3.8) is 0 Å². The zero-order valence-electron chi connectivity index (χ0n) is 11.8. The Labute approximate surface area is 128 Å². The molecule has 1 nitrogen and oxygen atoms in total. The average molecular weight is 294 g/mol. The molecule has 2 unspecified atom stereocenters. The van der Waals surface area contributed by atoms with Crippen LogP contribution in [0.25, 0.3) is 10.1 Å². The van der Waals surface area contributed by atoms with Gasteiger partial charge in [-0.05, 0) is 58.7 Å². The third kappa shape index (κ3) is 2.29. The molecule has 0 spiro atoms. The van der Waals surface area contributed by atoms with Crippen LogP contribution >= 0.6 is 11.3 Å². The molecule has 3 aromatic rings. The van der Waals surface area contributed by atoms with Crippen molar-refractivity contribution in [2.45, 2.75) is 25.4 Å². The molecule has 1 heterocycles. The second-order valence-corrected chi connectivity index (χ2v) is 6.81. The summed E-state index contributed by atoms with van der Waals surface area (Å²) in [6.45, 7) is 0. The van der Waals surface area contributed by atoms with Gasteiger partial charge in [-0.25, -0.2) is 0 Å². The lowest BCUT2D eigenvalue weighted by atomic mass is 9.79. The fourth-order valence-corrected chi connectivity index (χ4v) is 4.47. The number of fused-ring (bicyclic) bond motifs is 2. The number of benzene rings is 2. The molecular weight excluding hydrogens is 276 g/mol.